The fourth-order valence-electron chi connectivity index (χ4n) is 3.92. The number of benzene rings is 2. The molecule has 3 heterocycles. The van der Waals surface area contributed by atoms with E-state index in [4.69, 9.17) is 0 Å². The summed E-state index contributed by atoms with van der Waals surface area (Å²) in [5.74, 6) is -0.240. The lowest BCUT2D eigenvalue weighted by molar-refractivity contribution is -0.384. The van der Waals surface area contributed by atoms with Crippen molar-refractivity contribution in [2.75, 3.05) is 0 Å². The van der Waals surface area contributed by atoms with Gasteiger partial charge in [-0.15, -0.1) is 0 Å². The van der Waals surface area contributed by atoms with Crippen LogP contribution in [0.5, 0.6) is 0 Å². The number of nitrogens with zero attached hydrogens (tertiary/aromatic N) is 4. The Labute approximate surface area is 177 Å². The molecule has 0 saturated carbocycles. The first-order valence-corrected chi connectivity index (χ1v) is 9.75. The van der Waals surface area contributed by atoms with E-state index in [1.165, 1.54) is 24.3 Å². The van der Waals surface area contributed by atoms with Crippen LogP contribution in [0.4, 0.5) is 5.69 Å². The lowest BCUT2D eigenvalue weighted by Gasteiger charge is -2.10. The predicted octanol–water partition coefficient (Wildman–Crippen LogP) is 4.94. The molecule has 0 saturated heterocycles. The molecule has 152 valence electrons. The van der Waals surface area contributed by atoms with Gasteiger partial charge in [0.15, 0.2) is 0 Å². The molecule has 31 heavy (non-hydrogen) atoms. The molecule has 0 aliphatic carbocycles. The number of carbonyl (C=O) groups is 1. The van der Waals surface area contributed by atoms with E-state index in [-0.39, 0.29) is 11.5 Å². The minimum atomic E-state index is -0.485. The van der Waals surface area contributed by atoms with Gasteiger partial charge in [-0.3, -0.25) is 19.3 Å². The Hall–Kier alpha value is -4.26. The van der Waals surface area contributed by atoms with Crippen LogP contribution >= 0.6 is 0 Å². The second kappa shape index (κ2) is 6.91. The third kappa shape index (κ3) is 3.07. The number of ketones is 1. The molecule has 0 bridgehead atoms. The van der Waals surface area contributed by atoms with Gasteiger partial charge in [0.25, 0.3) is 5.69 Å². The summed E-state index contributed by atoms with van der Waals surface area (Å²) in [6.45, 7) is 2.02. The number of carbonyl (C=O) groups excluding carboxylic acids is 1. The van der Waals surface area contributed by atoms with E-state index in [9.17, 15) is 14.9 Å². The predicted molar refractivity (Wildman–Crippen MR) is 118 cm³/mol. The maximum Gasteiger partial charge on any atom is 0.269 e. The number of imidazole rings is 1. The first kappa shape index (κ1) is 18.7. The zero-order chi connectivity index (χ0) is 21.7. The summed E-state index contributed by atoms with van der Waals surface area (Å²) in [6.07, 6.45) is 5.50. The van der Waals surface area contributed by atoms with Crippen LogP contribution in [-0.2, 0) is 7.05 Å². The van der Waals surface area contributed by atoms with Crippen molar-refractivity contribution < 1.29 is 9.72 Å². The second-order valence-corrected chi connectivity index (χ2v) is 7.58. The van der Waals surface area contributed by atoms with Crippen molar-refractivity contribution in [3.05, 3.63) is 100 Å². The van der Waals surface area contributed by atoms with E-state index >= 15 is 0 Å². The summed E-state index contributed by atoms with van der Waals surface area (Å²) in [7, 11) is 2.01. The van der Waals surface area contributed by atoms with Gasteiger partial charge in [-0.05, 0) is 54.4 Å². The topological polar surface area (TPSA) is 82.4 Å². The average Bonchev–Trinajstić information content (AvgIpc) is 3.35. The van der Waals surface area contributed by atoms with Gasteiger partial charge in [0.1, 0.15) is 11.3 Å². The Kier molecular flexibility index (Phi) is 4.18. The van der Waals surface area contributed by atoms with Gasteiger partial charge in [-0.25, -0.2) is 4.98 Å². The van der Waals surface area contributed by atoms with Crippen LogP contribution in [0.25, 0.3) is 27.7 Å². The van der Waals surface area contributed by atoms with E-state index < -0.39 is 4.92 Å². The van der Waals surface area contributed by atoms with Gasteiger partial charge < -0.3 is 4.57 Å². The molecule has 5 rings (SSSR count). The second-order valence-electron chi connectivity index (χ2n) is 7.58. The van der Waals surface area contributed by atoms with Crippen LogP contribution in [-0.4, -0.2) is 24.7 Å². The molecule has 0 unspecified atom stereocenters. The van der Waals surface area contributed by atoms with Crippen molar-refractivity contribution in [2.45, 2.75) is 6.92 Å². The van der Waals surface area contributed by atoms with Crippen LogP contribution < -0.4 is 0 Å². The highest BCUT2D eigenvalue weighted by Gasteiger charge is 2.17. The fraction of sp³-hybridized carbons (Fsp3) is 0.0833. The van der Waals surface area contributed by atoms with Crippen LogP contribution in [0.1, 0.15) is 21.6 Å². The first-order chi connectivity index (χ1) is 14.9. The molecular weight excluding hydrogens is 392 g/mol. The smallest absolute Gasteiger partial charge is 0.269 e. The van der Waals surface area contributed by atoms with Crippen LogP contribution in [0, 0.1) is 17.0 Å². The molecule has 0 amide bonds. The maximum atomic E-state index is 13.1. The molecule has 0 N–H and O–H groups in total. The minimum absolute atomic E-state index is 0.0519. The van der Waals surface area contributed by atoms with Crippen molar-refractivity contribution in [2.24, 2.45) is 7.05 Å². The standard InChI is InChI=1S/C24H18N4O3/c1-15-11-23-25-13-22(24(29)16-3-6-19(7-4-16)28(30)31)27(23)14-20(15)17-5-8-21-18(12-17)9-10-26(21)2/h3-14H,1-2H3. The highest BCUT2D eigenvalue weighted by atomic mass is 16.6. The number of fused-ring (bicyclic) bond motifs is 2. The van der Waals surface area contributed by atoms with E-state index in [1.54, 1.807) is 10.6 Å². The average molecular weight is 410 g/mol. The lowest BCUT2D eigenvalue weighted by atomic mass is 10.0. The highest BCUT2D eigenvalue weighted by Crippen LogP contribution is 2.29. The normalized spacial score (nSPS) is 11.3. The largest absolute Gasteiger partial charge is 0.351 e. The van der Waals surface area contributed by atoms with E-state index in [2.05, 4.69) is 33.8 Å². The SMILES string of the molecule is Cc1cc2ncc(C(=O)c3ccc([N+](=O)[O-])cc3)n2cc1-c1ccc2c(ccn2C)c1. The van der Waals surface area contributed by atoms with Crippen molar-refractivity contribution in [1.82, 2.24) is 14.0 Å². The molecule has 7 nitrogen and oxygen atoms in total. The molecular formula is C24H18N4O3. The molecule has 0 aliphatic heterocycles. The number of aromatic nitrogens is 3. The third-order valence-electron chi connectivity index (χ3n) is 5.62. The molecule has 0 aliphatic rings. The Morgan fingerprint density at radius 2 is 1.84 bits per heavy atom. The summed E-state index contributed by atoms with van der Waals surface area (Å²) in [6, 6.07) is 15.9. The number of hydrogen-bond donors (Lipinski definition) is 0. The van der Waals surface area contributed by atoms with Crippen molar-refractivity contribution in [1.29, 1.82) is 0 Å². The van der Waals surface area contributed by atoms with E-state index in [0.717, 1.165) is 27.6 Å². The van der Waals surface area contributed by atoms with Crippen LogP contribution in [0.15, 0.2) is 73.2 Å². The van der Waals surface area contributed by atoms with Gasteiger partial charge in [0.2, 0.25) is 5.78 Å². The zero-order valence-corrected chi connectivity index (χ0v) is 16.9. The van der Waals surface area contributed by atoms with E-state index in [1.807, 2.05) is 32.4 Å². The van der Waals surface area contributed by atoms with Gasteiger partial charge >= 0.3 is 0 Å². The summed E-state index contributed by atoms with van der Waals surface area (Å²) in [5.41, 5.74) is 5.68. The monoisotopic (exact) mass is 410 g/mol. The third-order valence-corrected chi connectivity index (χ3v) is 5.62. The summed E-state index contributed by atoms with van der Waals surface area (Å²) in [4.78, 5) is 27.9. The molecule has 3 aromatic heterocycles. The van der Waals surface area contributed by atoms with Gasteiger partial charge in [0.05, 0.1) is 11.1 Å². The number of pyridine rings is 1. The summed E-state index contributed by atoms with van der Waals surface area (Å²) in [5, 5.41) is 12.0. The Morgan fingerprint density at radius 1 is 1.06 bits per heavy atom. The summed E-state index contributed by atoms with van der Waals surface area (Å²) < 4.78 is 3.85. The number of non-ortho nitro benzene ring substituents is 1. The fourth-order valence-corrected chi connectivity index (χ4v) is 3.92. The number of nitro benzene ring substituents is 1. The molecule has 5 aromatic rings. The Morgan fingerprint density at radius 3 is 2.58 bits per heavy atom. The molecule has 2 aromatic carbocycles. The first-order valence-electron chi connectivity index (χ1n) is 9.75. The zero-order valence-electron chi connectivity index (χ0n) is 16.9. The molecule has 0 fully saturated rings. The van der Waals surface area contributed by atoms with Crippen molar-refractivity contribution in [3.63, 3.8) is 0 Å². The van der Waals surface area contributed by atoms with Crippen LogP contribution in [0.3, 0.4) is 0 Å². The van der Waals surface area contributed by atoms with Gasteiger partial charge in [-0.2, -0.15) is 0 Å². The quantitative estimate of drug-likeness (QED) is 0.239. The molecule has 0 atom stereocenters. The molecule has 0 spiro atoms. The molecule has 0 radical (unpaired) electrons. The lowest BCUT2D eigenvalue weighted by Crippen LogP contribution is -2.06. The highest BCUT2D eigenvalue weighted by molar-refractivity contribution is 6.08. The number of rotatable bonds is 4. The Bertz CT molecular complexity index is 1490. The molecule has 7 heteroatoms. The van der Waals surface area contributed by atoms with Gasteiger partial charge in [-0.1, -0.05) is 6.07 Å². The summed E-state index contributed by atoms with van der Waals surface area (Å²) >= 11 is 0. The van der Waals surface area contributed by atoms with Crippen LogP contribution in [0.2, 0.25) is 0 Å². The van der Waals surface area contributed by atoms with Crippen molar-refractivity contribution in [3.8, 4) is 11.1 Å². The van der Waals surface area contributed by atoms with Gasteiger partial charge in [0, 0.05) is 53.6 Å². The Balaban J connectivity index is 1.60. The van der Waals surface area contributed by atoms with E-state index in [0.29, 0.717) is 16.9 Å². The minimum Gasteiger partial charge on any atom is -0.351 e. The number of aryl methyl sites for hydroxylation is 2. The number of nitro groups is 1. The van der Waals surface area contributed by atoms with Crippen molar-refractivity contribution >= 4 is 28.0 Å². The maximum absolute atomic E-state index is 13.1. The number of hydrogen-bond acceptors (Lipinski definition) is 4.